The molecule has 0 bridgehead atoms. The van der Waals surface area contributed by atoms with Crippen molar-refractivity contribution in [3.63, 3.8) is 0 Å². The van der Waals surface area contributed by atoms with Crippen LogP contribution in [-0.4, -0.2) is 53.7 Å². The Kier molecular flexibility index (Phi) is 5.26. The van der Waals surface area contributed by atoms with Crippen molar-refractivity contribution in [2.45, 2.75) is 13.8 Å². The fourth-order valence-electron chi connectivity index (χ4n) is 3.91. The largest absolute Gasteiger partial charge is 0.454 e. The van der Waals surface area contributed by atoms with Crippen LogP contribution in [0.2, 0.25) is 0 Å². The third kappa shape index (κ3) is 4.16. The Balaban J connectivity index is 1.25. The molecule has 1 aromatic heterocycles. The lowest BCUT2D eigenvalue weighted by molar-refractivity contribution is 0.0746. The summed E-state index contributed by atoms with van der Waals surface area (Å²) in [7, 11) is 0. The van der Waals surface area contributed by atoms with Crippen molar-refractivity contribution < 1.29 is 14.3 Å². The quantitative estimate of drug-likeness (QED) is 0.677. The van der Waals surface area contributed by atoms with Crippen molar-refractivity contribution >= 4 is 23.2 Å². The lowest BCUT2D eigenvalue weighted by atomic mass is 10.1. The van der Waals surface area contributed by atoms with Gasteiger partial charge in [0, 0.05) is 43.5 Å². The molecule has 0 spiro atoms. The zero-order valence-electron chi connectivity index (χ0n) is 18.2. The summed E-state index contributed by atoms with van der Waals surface area (Å²) in [6, 6.07) is 15.5. The Labute approximate surface area is 186 Å². The van der Waals surface area contributed by atoms with Crippen LogP contribution in [0, 0.1) is 13.8 Å². The van der Waals surface area contributed by atoms with E-state index in [1.807, 2.05) is 30.0 Å². The van der Waals surface area contributed by atoms with Crippen LogP contribution in [0.15, 0.2) is 48.5 Å². The maximum atomic E-state index is 13.0. The molecule has 2 aliphatic rings. The minimum absolute atomic E-state index is 0.00328. The Hall–Kier alpha value is -3.81. The molecule has 164 valence electrons. The highest BCUT2D eigenvalue weighted by molar-refractivity contribution is 5.95. The van der Waals surface area contributed by atoms with Gasteiger partial charge in [0.05, 0.1) is 0 Å². The van der Waals surface area contributed by atoms with Gasteiger partial charge < -0.3 is 24.6 Å². The van der Waals surface area contributed by atoms with Crippen molar-refractivity contribution in [2.24, 2.45) is 0 Å². The molecule has 5 rings (SSSR count). The van der Waals surface area contributed by atoms with E-state index in [9.17, 15) is 4.79 Å². The molecule has 1 N–H and O–H groups in total. The number of anilines is 3. The van der Waals surface area contributed by atoms with E-state index >= 15 is 0 Å². The number of benzene rings is 2. The molecule has 8 heteroatoms. The van der Waals surface area contributed by atoms with E-state index in [1.165, 1.54) is 5.56 Å². The molecule has 3 heterocycles. The topological polar surface area (TPSA) is 79.8 Å². The summed E-state index contributed by atoms with van der Waals surface area (Å²) in [5, 5.41) is 3.36. The first-order chi connectivity index (χ1) is 15.5. The van der Waals surface area contributed by atoms with Gasteiger partial charge in [-0.25, -0.2) is 9.97 Å². The number of hydrogen-bond donors (Lipinski definition) is 1. The first-order valence-corrected chi connectivity index (χ1v) is 10.7. The summed E-state index contributed by atoms with van der Waals surface area (Å²) in [5.74, 6) is 3.64. The molecule has 2 aliphatic heterocycles. The zero-order valence-corrected chi connectivity index (χ0v) is 18.2. The predicted octanol–water partition coefficient (Wildman–Crippen LogP) is 3.53. The number of carbonyl (C=O) groups is 1. The average Bonchev–Trinajstić information content (AvgIpc) is 3.28. The summed E-state index contributed by atoms with van der Waals surface area (Å²) in [6.07, 6.45) is 0. The fraction of sp³-hybridized carbons (Fsp3) is 0.292. The molecule has 0 radical (unpaired) electrons. The number of aryl methyl sites for hydroxylation is 2. The maximum Gasteiger partial charge on any atom is 0.254 e. The van der Waals surface area contributed by atoms with Gasteiger partial charge in [-0.1, -0.05) is 17.7 Å². The Morgan fingerprint density at radius 2 is 1.66 bits per heavy atom. The second kappa shape index (κ2) is 8.37. The second-order valence-electron chi connectivity index (χ2n) is 8.00. The van der Waals surface area contributed by atoms with E-state index in [2.05, 4.69) is 39.2 Å². The zero-order chi connectivity index (χ0) is 22.1. The van der Waals surface area contributed by atoms with E-state index in [0.717, 1.165) is 17.3 Å². The molecule has 1 fully saturated rings. The lowest BCUT2D eigenvalue weighted by Gasteiger charge is -2.35. The van der Waals surface area contributed by atoms with Gasteiger partial charge in [0.15, 0.2) is 11.5 Å². The summed E-state index contributed by atoms with van der Waals surface area (Å²) in [5.41, 5.74) is 2.81. The first kappa shape index (κ1) is 20.1. The summed E-state index contributed by atoms with van der Waals surface area (Å²) < 4.78 is 10.7. The van der Waals surface area contributed by atoms with Gasteiger partial charge in [-0.05, 0) is 44.2 Å². The third-order valence-corrected chi connectivity index (χ3v) is 5.66. The normalized spacial score (nSPS) is 15.1. The molecule has 0 atom stereocenters. The highest BCUT2D eigenvalue weighted by Crippen LogP contribution is 2.33. The standard InChI is InChI=1S/C24H25N5O3/c1-16-3-6-19(7-4-16)27-22-14-23(26-17(2)25-22)28-9-11-29(12-10-28)24(30)18-5-8-20-21(13-18)32-15-31-20/h3-8,13-14H,9-12,15H2,1-2H3,(H,25,26,27). The van der Waals surface area contributed by atoms with Crippen molar-refractivity contribution in [1.29, 1.82) is 0 Å². The predicted molar refractivity (Wildman–Crippen MR) is 122 cm³/mol. The van der Waals surface area contributed by atoms with Crippen molar-refractivity contribution in [3.8, 4) is 11.5 Å². The van der Waals surface area contributed by atoms with E-state index in [0.29, 0.717) is 49.1 Å². The van der Waals surface area contributed by atoms with Crippen molar-refractivity contribution in [2.75, 3.05) is 43.2 Å². The molecule has 0 unspecified atom stereocenters. The number of piperazine rings is 1. The van der Waals surface area contributed by atoms with Crippen LogP contribution in [0.4, 0.5) is 17.3 Å². The maximum absolute atomic E-state index is 13.0. The monoisotopic (exact) mass is 431 g/mol. The SMILES string of the molecule is Cc1ccc(Nc2cc(N3CCN(C(=O)c4ccc5c(c4)OCO5)CC3)nc(C)n2)cc1. The minimum atomic E-state index is 0.00328. The highest BCUT2D eigenvalue weighted by atomic mass is 16.7. The number of nitrogens with zero attached hydrogens (tertiary/aromatic N) is 4. The van der Waals surface area contributed by atoms with E-state index in [1.54, 1.807) is 18.2 Å². The van der Waals surface area contributed by atoms with Gasteiger partial charge in [-0.15, -0.1) is 0 Å². The van der Waals surface area contributed by atoms with Crippen LogP contribution < -0.4 is 19.7 Å². The number of amides is 1. The Morgan fingerprint density at radius 3 is 2.44 bits per heavy atom. The number of nitrogens with one attached hydrogen (secondary N) is 1. The molecule has 3 aromatic rings. The number of hydrogen-bond acceptors (Lipinski definition) is 7. The van der Waals surface area contributed by atoms with Gasteiger partial charge in [0.1, 0.15) is 17.5 Å². The first-order valence-electron chi connectivity index (χ1n) is 10.7. The van der Waals surface area contributed by atoms with Crippen LogP contribution >= 0.6 is 0 Å². The summed E-state index contributed by atoms with van der Waals surface area (Å²) in [4.78, 5) is 26.2. The van der Waals surface area contributed by atoms with Gasteiger partial charge in [-0.2, -0.15) is 0 Å². The molecule has 0 aliphatic carbocycles. The smallest absolute Gasteiger partial charge is 0.254 e. The molecule has 1 saturated heterocycles. The Morgan fingerprint density at radius 1 is 0.906 bits per heavy atom. The van der Waals surface area contributed by atoms with E-state index < -0.39 is 0 Å². The Bertz CT molecular complexity index is 1140. The number of ether oxygens (including phenoxy) is 2. The fourth-order valence-corrected chi connectivity index (χ4v) is 3.91. The molecular formula is C24H25N5O3. The van der Waals surface area contributed by atoms with E-state index in [4.69, 9.17) is 9.47 Å². The lowest BCUT2D eigenvalue weighted by Crippen LogP contribution is -2.49. The molecule has 0 saturated carbocycles. The van der Waals surface area contributed by atoms with E-state index in [-0.39, 0.29) is 12.7 Å². The third-order valence-electron chi connectivity index (χ3n) is 5.66. The number of rotatable bonds is 4. The van der Waals surface area contributed by atoms with Crippen molar-refractivity contribution in [3.05, 3.63) is 65.5 Å². The molecular weight excluding hydrogens is 406 g/mol. The van der Waals surface area contributed by atoms with Crippen LogP contribution in [0.3, 0.4) is 0 Å². The summed E-state index contributed by atoms with van der Waals surface area (Å²) >= 11 is 0. The van der Waals surface area contributed by atoms with Gasteiger partial charge in [-0.3, -0.25) is 4.79 Å². The summed E-state index contributed by atoms with van der Waals surface area (Å²) in [6.45, 7) is 6.81. The van der Waals surface area contributed by atoms with Crippen LogP contribution in [0.5, 0.6) is 11.5 Å². The average molecular weight is 431 g/mol. The molecule has 32 heavy (non-hydrogen) atoms. The molecule has 8 nitrogen and oxygen atoms in total. The van der Waals surface area contributed by atoms with Gasteiger partial charge >= 0.3 is 0 Å². The van der Waals surface area contributed by atoms with Gasteiger partial charge in [0.2, 0.25) is 6.79 Å². The number of carbonyl (C=O) groups excluding carboxylic acids is 1. The van der Waals surface area contributed by atoms with Gasteiger partial charge in [0.25, 0.3) is 5.91 Å². The van der Waals surface area contributed by atoms with Crippen molar-refractivity contribution in [1.82, 2.24) is 14.9 Å². The molecule has 1 amide bonds. The minimum Gasteiger partial charge on any atom is -0.454 e. The molecule has 2 aromatic carbocycles. The van der Waals surface area contributed by atoms with Crippen LogP contribution in [0.25, 0.3) is 0 Å². The van der Waals surface area contributed by atoms with Crippen LogP contribution in [0.1, 0.15) is 21.7 Å². The number of fused-ring (bicyclic) bond motifs is 1. The second-order valence-corrected chi connectivity index (χ2v) is 8.00. The highest BCUT2D eigenvalue weighted by Gasteiger charge is 2.25. The number of aromatic nitrogens is 2. The van der Waals surface area contributed by atoms with Crippen LogP contribution in [-0.2, 0) is 0 Å².